The van der Waals surface area contributed by atoms with E-state index in [1.807, 2.05) is 30.3 Å². The number of hydrogen-bond acceptors (Lipinski definition) is 4. The molecular formula is C16H14ClNO4S. The minimum Gasteiger partial charge on any atom is -0.495 e. The lowest BCUT2D eigenvalue weighted by atomic mass is 10.1. The summed E-state index contributed by atoms with van der Waals surface area (Å²) < 4.78 is 28.4. The molecule has 0 bridgehead atoms. The fraction of sp³-hybridized carbons (Fsp3) is 0.188. The summed E-state index contributed by atoms with van der Waals surface area (Å²) in [6, 6.07) is 12.5. The second kappa shape index (κ2) is 5.86. The van der Waals surface area contributed by atoms with Crippen LogP contribution in [0.15, 0.2) is 47.4 Å². The lowest BCUT2D eigenvalue weighted by Gasteiger charge is -2.15. The summed E-state index contributed by atoms with van der Waals surface area (Å²) in [5, 5.41) is 0. The Balaban J connectivity index is 1.97. The highest BCUT2D eigenvalue weighted by atomic mass is 35.7. The van der Waals surface area contributed by atoms with Crippen molar-refractivity contribution in [2.75, 3.05) is 7.11 Å². The second-order valence-corrected chi connectivity index (χ2v) is 7.78. The van der Waals surface area contributed by atoms with Crippen LogP contribution in [-0.2, 0) is 22.1 Å². The summed E-state index contributed by atoms with van der Waals surface area (Å²) in [5.74, 6) is -0.0683. The molecule has 1 amide bonds. The van der Waals surface area contributed by atoms with Crippen LogP contribution in [0, 0.1) is 0 Å². The van der Waals surface area contributed by atoms with Crippen molar-refractivity contribution in [1.29, 1.82) is 0 Å². The predicted molar refractivity (Wildman–Crippen MR) is 86.1 cm³/mol. The zero-order valence-electron chi connectivity index (χ0n) is 12.3. The summed E-state index contributed by atoms with van der Waals surface area (Å²) in [6.45, 7) is 0.863. The molecule has 0 unspecified atom stereocenters. The number of methoxy groups -OCH3 is 1. The van der Waals surface area contributed by atoms with Gasteiger partial charge in [0.25, 0.3) is 15.0 Å². The monoisotopic (exact) mass is 351 g/mol. The first-order valence-electron chi connectivity index (χ1n) is 6.89. The molecule has 0 radical (unpaired) electrons. The van der Waals surface area contributed by atoms with Gasteiger partial charge in [-0.1, -0.05) is 30.3 Å². The van der Waals surface area contributed by atoms with Crippen molar-refractivity contribution < 1.29 is 17.9 Å². The minimum atomic E-state index is -3.99. The Morgan fingerprint density at radius 1 is 1.22 bits per heavy atom. The fourth-order valence-electron chi connectivity index (χ4n) is 2.66. The number of benzene rings is 2. The van der Waals surface area contributed by atoms with Gasteiger partial charge in [-0.25, -0.2) is 8.42 Å². The molecule has 3 rings (SSSR count). The Hall–Kier alpha value is -2.05. The maximum absolute atomic E-state index is 12.5. The molecule has 1 aliphatic heterocycles. The van der Waals surface area contributed by atoms with Gasteiger partial charge in [-0.2, -0.15) is 0 Å². The lowest BCUT2D eigenvalue weighted by Crippen LogP contribution is -2.23. The van der Waals surface area contributed by atoms with E-state index in [-0.39, 0.29) is 16.6 Å². The maximum atomic E-state index is 12.5. The van der Waals surface area contributed by atoms with E-state index in [9.17, 15) is 13.2 Å². The number of carbonyl (C=O) groups is 1. The first-order chi connectivity index (χ1) is 10.9. The van der Waals surface area contributed by atoms with Crippen LogP contribution in [0.5, 0.6) is 5.75 Å². The highest BCUT2D eigenvalue weighted by Gasteiger charge is 2.31. The lowest BCUT2D eigenvalue weighted by molar-refractivity contribution is 0.0766. The summed E-state index contributed by atoms with van der Waals surface area (Å²) in [6.07, 6.45) is 0. The zero-order valence-corrected chi connectivity index (χ0v) is 13.9. The topological polar surface area (TPSA) is 63.7 Å². The highest BCUT2D eigenvalue weighted by Crippen LogP contribution is 2.34. The van der Waals surface area contributed by atoms with Gasteiger partial charge >= 0.3 is 0 Å². The average Bonchev–Trinajstić information content (AvgIpc) is 2.82. The van der Waals surface area contributed by atoms with Gasteiger partial charge in [0.15, 0.2) is 0 Å². The van der Waals surface area contributed by atoms with E-state index >= 15 is 0 Å². The molecule has 1 heterocycles. The molecule has 7 heteroatoms. The molecule has 0 N–H and O–H groups in total. The summed E-state index contributed by atoms with van der Waals surface area (Å²) in [4.78, 5) is 14.0. The van der Waals surface area contributed by atoms with Crippen LogP contribution in [0.4, 0.5) is 0 Å². The third-order valence-electron chi connectivity index (χ3n) is 3.75. The molecule has 2 aromatic rings. The number of carbonyl (C=O) groups excluding carboxylic acids is 1. The van der Waals surface area contributed by atoms with Crippen LogP contribution in [0.1, 0.15) is 21.5 Å². The van der Waals surface area contributed by atoms with Crippen LogP contribution in [0.25, 0.3) is 0 Å². The molecule has 0 fully saturated rings. The number of amides is 1. The average molecular weight is 352 g/mol. The number of halogens is 1. The SMILES string of the molecule is COc1cc2c(cc1S(=O)(=O)Cl)C(=O)N(Cc1ccccc1)C2. The largest absolute Gasteiger partial charge is 0.495 e. The minimum absolute atomic E-state index is 0.146. The molecule has 23 heavy (non-hydrogen) atoms. The summed E-state index contributed by atoms with van der Waals surface area (Å²) in [5.41, 5.74) is 2.08. The summed E-state index contributed by atoms with van der Waals surface area (Å²) in [7, 11) is 2.80. The summed E-state index contributed by atoms with van der Waals surface area (Å²) >= 11 is 0. The normalized spacial score (nSPS) is 14.0. The second-order valence-electron chi connectivity index (χ2n) is 5.24. The van der Waals surface area contributed by atoms with Crippen LogP contribution in [0.3, 0.4) is 0 Å². The van der Waals surface area contributed by atoms with Crippen LogP contribution >= 0.6 is 10.7 Å². The van der Waals surface area contributed by atoms with Crippen LogP contribution in [0.2, 0.25) is 0 Å². The Morgan fingerprint density at radius 2 is 1.91 bits per heavy atom. The van der Waals surface area contributed by atoms with Gasteiger partial charge < -0.3 is 9.64 Å². The first kappa shape index (κ1) is 15.8. The molecule has 5 nitrogen and oxygen atoms in total. The first-order valence-corrected chi connectivity index (χ1v) is 9.20. The molecule has 1 aliphatic rings. The van der Waals surface area contributed by atoms with E-state index in [0.29, 0.717) is 18.7 Å². The van der Waals surface area contributed by atoms with Crippen molar-refractivity contribution in [3.8, 4) is 5.75 Å². The van der Waals surface area contributed by atoms with Gasteiger partial charge in [-0.15, -0.1) is 0 Å². The Kier molecular flexibility index (Phi) is 4.04. The van der Waals surface area contributed by atoms with Gasteiger partial charge in [0, 0.05) is 29.3 Å². The third-order valence-corrected chi connectivity index (χ3v) is 5.09. The van der Waals surface area contributed by atoms with E-state index in [1.165, 1.54) is 13.2 Å². The van der Waals surface area contributed by atoms with Crippen molar-refractivity contribution in [3.63, 3.8) is 0 Å². The maximum Gasteiger partial charge on any atom is 0.265 e. The van der Waals surface area contributed by atoms with E-state index in [2.05, 4.69) is 0 Å². The molecule has 0 spiro atoms. The predicted octanol–water partition coefficient (Wildman–Crippen LogP) is 2.78. The smallest absolute Gasteiger partial charge is 0.265 e. The van der Waals surface area contributed by atoms with Crippen LogP contribution in [-0.4, -0.2) is 26.3 Å². The Morgan fingerprint density at radius 3 is 2.52 bits per heavy atom. The Bertz CT molecular complexity index is 865. The molecular weight excluding hydrogens is 338 g/mol. The molecule has 0 atom stereocenters. The number of hydrogen-bond donors (Lipinski definition) is 0. The Labute approximate surface area is 138 Å². The van der Waals surface area contributed by atoms with Gasteiger partial charge in [0.2, 0.25) is 0 Å². The van der Waals surface area contributed by atoms with Crippen LogP contribution < -0.4 is 4.74 Å². The van der Waals surface area contributed by atoms with E-state index in [4.69, 9.17) is 15.4 Å². The molecule has 0 aromatic heterocycles. The molecule has 0 aliphatic carbocycles. The number of rotatable bonds is 4. The molecule has 120 valence electrons. The van der Waals surface area contributed by atoms with Gasteiger partial charge in [0.05, 0.1) is 7.11 Å². The van der Waals surface area contributed by atoms with Gasteiger partial charge in [-0.3, -0.25) is 4.79 Å². The van der Waals surface area contributed by atoms with Gasteiger partial charge in [0.1, 0.15) is 10.6 Å². The quantitative estimate of drug-likeness (QED) is 0.794. The molecule has 2 aromatic carbocycles. The molecule has 0 saturated carbocycles. The fourth-order valence-corrected chi connectivity index (χ4v) is 3.66. The van der Waals surface area contributed by atoms with Crippen molar-refractivity contribution >= 4 is 25.6 Å². The van der Waals surface area contributed by atoms with Crippen molar-refractivity contribution in [3.05, 3.63) is 59.2 Å². The highest BCUT2D eigenvalue weighted by molar-refractivity contribution is 8.13. The van der Waals surface area contributed by atoms with E-state index in [1.54, 1.807) is 11.0 Å². The standard InChI is InChI=1S/C16H14ClNO4S/c1-22-14-7-12-10-18(9-11-5-3-2-4-6-11)16(19)13(12)8-15(14)23(17,20)21/h2-8H,9-10H2,1H3. The van der Waals surface area contributed by atoms with E-state index < -0.39 is 9.05 Å². The molecule has 0 saturated heterocycles. The number of ether oxygens (including phenoxy) is 1. The number of nitrogens with zero attached hydrogens (tertiary/aromatic N) is 1. The number of fused-ring (bicyclic) bond motifs is 1. The third kappa shape index (κ3) is 3.04. The van der Waals surface area contributed by atoms with Crippen molar-refractivity contribution in [2.24, 2.45) is 0 Å². The van der Waals surface area contributed by atoms with Gasteiger partial charge in [-0.05, 0) is 23.3 Å². The van der Waals surface area contributed by atoms with Crippen molar-refractivity contribution in [2.45, 2.75) is 18.0 Å². The van der Waals surface area contributed by atoms with E-state index in [0.717, 1.165) is 11.1 Å². The van der Waals surface area contributed by atoms with Crippen molar-refractivity contribution in [1.82, 2.24) is 4.90 Å². The zero-order chi connectivity index (χ0) is 16.6.